The van der Waals surface area contributed by atoms with Crippen molar-refractivity contribution in [1.29, 1.82) is 0 Å². The summed E-state index contributed by atoms with van der Waals surface area (Å²) >= 11 is 1.66. The molecule has 2 heterocycles. The first-order chi connectivity index (χ1) is 13.5. The van der Waals surface area contributed by atoms with Crippen LogP contribution in [0.15, 0.2) is 47.6 Å². The van der Waals surface area contributed by atoms with E-state index in [0.29, 0.717) is 25.1 Å². The Morgan fingerprint density at radius 3 is 2.61 bits per heavy atom. The van der Waals surface area contributed by atoms with E-state index >= 15 is 0 Å². The standard InChI is InChI=1S/C22H27N3O2S/c1-4-28-20-10-9-18(13-23-20)24-22(27)19-12-16-7-5-6-8-17(16)14-25(19)21(26)11-15(2)3/h5-10,13,15,19H,4,11-12,14H2,1-3H3,(H,24,27). The van der Waals surface area contributed by atoms with Crippen LogP contribution in [-0.4, -0.2) is 33.5 Å². The third-order valence-electron chi connectivity index (χ3n) is 4.75. The van der Waals surface area contributed by atoms with Crippen LogP contribution >= 0.6 is 11.8 Å². The van der Waals surface area contributed by atoms with Crippen molar-refractivity contribution >= 4 is 29.3 Å². The van der Waals surface area contributed by atoms with E-state index in [0.717, 1.165) is 21.9 Å². The Balaban J connectivity index is 1.79. The number of hydrogen-bond acceptors (Lipinski definition) is 4. The van der Waals surface area contributed by atoms with Crippen LogP contribution in [0, 0.1) is 5.92 Å². The van der Waals surface area contributed by atoms with Crippen LogP contribution in [0.2, 0.25) is 0 Å². The van der Waals surface area contributed by atoms with Crippen LogP contribution in [0.1, 0.15) is 38.3 Å². The normalized spacial score (nSPS) is 16.0. The summed E-state index contributed by atoms with van der Waals surface area (Å²) in [5.41, 5.74) is 2.90. The lowest BCUT2D eigenvalue weighted by Crippen LogP contribution is -2.50. The van der Waals surface area contributed by atoms with Gasteiger partial charge in [0.2, 0.25) is 11.8 Å². The van der Waals surface area contributed by atoms with E-state index in [9.17, 15) is 9.59 Å². The van der Waals surface area contributed by atoms with Crippen molar-refractivity contribution in [2.75, 3.05) is 11.1 Å². The molecule has 0 aliphatic carbocycles. The van der Waals surface area contributed by atoms with E-state index in [4.69, 9.17) is 0 Å². The van der Waals surface area contributed by atoms with Gasteiger partial charge in [0.05, 0.1) is 16.9 Å². The molecule has 0 spiro atoms. The first kappa shape index (κ1) is 20.4. The highest BCUT2D eigenvalue weighted by molar-refractivity contribution is 7.99. The highest BCUT2D eigenvalue weighted by atomic mass is 32.2. The molecule has 0 saturated heterocycles. The van der Waals surface area contributed by atoms with Gasteiger partial charge >= 0.3 is 0 Å². The fourth-order valence-electron chi connectivity index (χ4n) is 3.40. The zero-order valence-corrected chi connectivity index (χ0v) is 17.5. The molecule has 6 heteroatoms. The lowest BCUT2D eigenvalue weighted by Gasteiger charge is -2.36. The van der Waals surface area contributed by atoms with Crippen LogP contribution < -0.4 is 5.32 Å². The number of carbonyl (C=O) groups is 2. The summed E-state index contributed by atoms with van der Waals surface area (Å²) in [6.07, 6.45) is 2.65. The van der Waals surface area contributed by atoms with Crippen molar-refractivity contribution in [3.63, 3.8) is 0 Å². The lowest BCUT2D eigenvalue weighted by molar-refractivity contribution is -0.140. The van der Waals surface area contributed by atoms with E-state index in [1.54, 1.807) is 22.9 Å². The SMILES string of the molecule is CCSc1ccc(NC(=O)C2Cc3ccccc3CN2C(=O)CC(C)C)cn1. The molecule has 1 aromatic carbocycles. The Morgan fingerprint density at radius 2 is 1.96 bits per heavy atom. The van der Waals surface area contributed by atoms with Gasteiger partial charge in [0, 0.05) is 19.4 Å². The molecular weight excluding hydrogens is 370 g/mol. The molecule has 3 rings (SSSR count). The van der Waals surface area contributed by atoms with Gasteiger partial charge in [-0.05, 0) is 34.9 Å². The van der Waals surface area contributed by atoms with E-state index < -0.39 is 6.04 Å². The number of carbonyl (C=O) groups excluding carboxylic acids is 2. The molecule has 0 bridgehead atoms. The van der Waals surface area contributed by atoms with E-state index in [2.05, 4.69) is 17.2 Å². The average Bonchev–Trinajstić information content (AvgIpc) is 2.68. The minimum absolute atomic E-state index is 0.0254. The monoisotopic (exact) mass is 397 g/mol. The van der Waals surface area contributed by atoms with Crippen LogP contribution in [0.4, 0.5) is 5.69 Å². The molecule has 0 saturated carbocycles. The van der Waals surface area contributed by atoms with Gasteiger partial charge in [0.1, 0.15) is 6.04 Å². The predicted octanol–water partition coefficient (Wildman–Crippen LogP) is 4.13. The zero-order valence-electron chi connectivity index (χ0n) is 16.6. The number of aromatic nitrogens is 1. The van der Waals surface area contributed by atoms with Gasteiger partial charge in [-0.15, -0.1) is 11.8 Å². The molecule has 1 N–H and O–H groups in total. The minimum atomic E-state index is -0.508. The van der Waals surface area contributed by atoms with Crippen molar-refractivity contribution in [2.45, 2.75) is 51.2 Å². The van der Waals surface area contributed by atoms with Gasteiger partial charge in [-0.1, -0.05) is 45.0 Å². The Hall–Kier alpha value is -2.34. The van der Waals surface area contributed by atoms with E-state index in [1.807, 2.05) is 50.2 Å². The second-order valence-electron chi connectivity index (χ2n) is 7.42. The zero-order chi connectivity index (χ0) is 20.1. The van der Waals surface area contributed by atoms with Crippen LogP contribution in [-0.2, 0) is 22.6 Å². The quantitative estimate of drug-likeness (QED) is 0.745. The van der Waals surface area contributed by atoms with Crippen LogP contribution in [0.5, 0.6) is 0 Å². The van der Waals surface area contributed by atoms with Gasteiger partial charge in [-0.25, -0.2) is 4.98 Å². The minimum Gasteiger partial charge on any atom is -0.326 e. The number of nitrogens with one attached hydrogen (secondary N) is 1. The smallest absolute Gasteiger partial charge is 0.247 e. The molecule has 1 atom stereocenters. The number of benzene rings is 1. The third-order valence-corrected chi connectivity index (χ3v) is 5.58. The molecule has 2 amide bonds. The number of amides is 2. The predicted molar refractivity (Wildman–Crippen MR) is 113 cm³/mol. The molecule has 2 aromatic rings. The highest BCUT2D eigenvalue weighted by Gasteiger charge is 2.34. The number of fused-ring (bicyclic) bond motifs is 1. The number of pyridine rings is 1. The Morgan fingerprint density at radius 1 is 1.21 bits per heavy atom. The second kappa shape index (κ2) is 9.24. The Labute approximate surface area is 170 Å². The van der Waals surface area contributed by atoms with E-state index in [-0.39, 0.29) is 17.7 Å². The maximum absolute atomic E-state index is 13.1. The summed E-state index contributed by atoms with van der Waals surface area (Å²) in [5.74, 6) is 1.07. The largest absolute Gasteiger partial charge is 0.326 e. The lowest BCUT2D eigenvalue weighted by atomic mass is 9.92. The molecule has 0 radical (unpaired) electrons. The summed E-state index contributed by atoms with van der Waals surface area (Å²) in [7, 11) is 0. The number of nitrogens with zero attached hydrogens (tertiary/aromatic N) is 2. The number of rotatable bonds is 6. The van der Waals surface area contributed by atoms with Crippen LogP contribution in [0.3, 0.4) is 0 Å². The number of thioether (sulfide) groups is 1. The Kier molecular flexibility index (Phi) is 6.73. The van der Waals surface area contributed by atoms with E-state index in [1.165, 1.54) is 0 Å². The first-order valence-electron chi connectivity index (χ1n) is 9.74. The third kappa shape index (κ3) is 4.93. The fourth-order valence-corrected chi connectivity index (χ4v) is 3.99. The molecule has 1 unspecified atom stereocenters. The van der Waals surface area contributed by atoms with Crippen LogP contribution in [0.25, 0.3) is 0 Å². The van der Waals surface area contributed by atoms with Crippen molar-refractivity contribution < 1.29 is 9.59 Å². The van der Waals surface area contributed by atoms with Gasteiger partial charge in [0.25, 0.3) is 0 Å². The molecule has 28 heavy (non-hydrogen) atoms. The fraction of sp³-hybridized carbons (Fsp3) is 0.409. The topological polar surface area (TPSA) is 62.3 Å². The average molecular weight is 398 g/mol. The molecule has 148 valence electrons. The molecule has 1 aliphatic rings. The van der Waals surface area contributed by atoms with Gasteiger partial charge in [-0.2, -0.15) is 0 Å². The summed E-state index contributed by atoms with van der Waals surface area (Å²) in [5, 5.41) is 3.88. The number of hydrogen-bond donors (Lipinski definition) is 1. The van der Waals surface area contributed by atoms with Crippen molar-refractivity contribution in [1.82, 2.24) is 9.88 Å². The molecular formula is C22H27N3O2S. The number of anilines is 1. The maximum Gasteiger partial charge on any atom is 0.247 e. The summed E-state index contributed by atoms with van der Waals surface area (Å²) in [6.45, 7) is 6.59. The van der Waals surface area contributed by atoms with Gasteiger partial charge < -0.3 is 10.2 Å². The summed E-state index contributed by atoms with van der Waals surface area (Å²) < 4.78 is 0. The molecule has 5 nitrogen and oxygen atoms in total. The molecule has 1 aliphatic heterocycles. The van der Waals surface area contributed by atoms with Crippen molar-refractivity contribution in [3.05, 3.63) is 53.7 Å². The first-order valence-corrected chi connectivity index (χ1v) is 10.7. The maximum atomic E-state index is 13.1. The van der Waals surface area contributed by atoms with Gasteiger partial charge in [-0.3, -0.25) is 9.59 Å². The summed E-state index contributed by atoms with van der Waals surface area (Å²) in [4.78, 5) is 32.0. The molecule has 0 fully saturated rings. The Bertz CT molecular complexity index is 836. The second-order valence-corrected chi connectivity index (χ2v) is 8.70. The summed E-state index contributed by atoms with van der Waals surface area (Å²) in [6, 6.07) is 11.3. The van der Waals surface area contributed by atoms with Crippen molar-refractivity contribution in [2.24, 2.45) is 5.92 Å². The van der Waals surface area contributed by atoms with Crippen molar-refractivity contribution in [3.8, 4) is 0 Å². The molecule has 1 aromatic heterocycles. The highest BCUT2D eigenvalue weighted by Crippen LogP contribution is 2.26. The van der Waals surface area contributed by atoms with Gasteiger partial charge in [0.15, 0.2) is 0 Å².